The van der Waals surface area contributed by atoms with Gasteiger partial charge in [-0.3, -0.25) is 9.69 Å². The van der Waals surface area contributed by atoms with Crippen molar-refractivity contribution in [3.63, 3.8) is 0 Å². The Labute approximate surface area is 132 Å². The summed E-state index contributed by atoms with van der Waals surface area (Å²) in [5.74, 6) is 0.236. The quantitative estimate of drug-likeness (QED) is 0.891. The molecule has 2 aromatic heterocycles. The molecule has 1 amide bonds. The molecule has 0 saturated carbocycles. The fourth-order valence-electron chi connectivity index (χ4n) is 2.49. The van der Waals surface area contributed by atoms with Gasteiger partial charge < -0.3 is 10.6 Å². The van der Waals surface area contributed by atoms with E-state index in [0.717, 1.165) is 43.5 Å². The predicted octanol–water partition coefficient (Wildman–Crippen LogP) is 0.663. The molecule has 0 unspecified atom stereocenters. The van der Waals surface area contributed by atoms with Gasteiger partial charge in [-0.2, -0.15) is 0 Å². The summed E-state index contributed by atoms with van der Waals surface area (Å²) < 4.78 is 0. The zero-order chi connectivity index (χ0) is 15.5. The number of amides is 1. The number of thiazole rings is 1. The van der Waals surface area contributed by atoms with Crippen LogP contribution in [0.2, 0.25) is 0 Å². The van der Waals surface area contributed by atoms with Crippen molar-refractivity contribution < 1.29 is 4.79 Å². The summed E-state index contributed by atoms with van der Waals surface area (Å²) in [4.78, 5) is 29.5. The molecule has 116 valence electrons. The molecule has 0 aromatic carbocycles. The van der Waals surface area contributed by atoms with Crippen LogP contribution in [-0.2, 0) is 6.54 Å². The van der Waals surface area contributed by atoms with Crippen LogP contribution in [0.3, 0.4) is 0 Å². The van der Waals surface area contributed by atoms with Gasteiger partial charge >= 0.3 is 0 Å². The van der Waals surface area contributed by atoms with Gasteiger partial charge in [-0.15, -0.1) is 11.3 Å². The molecule has 8 heteroatoms. The molecule has 2 N–H and O–H groups in total. The van der Waals surface area contributed by atoms with Gasteiger partial charge in [0.15, 0.2) is 0 Å². The minimum atomic E-state index is -0.525. The molecule has 22 heavy (non-hydrogen) atoms. The number of carbonyl (C=O) groups excluding carboxylic acids is 1. The van der Waals surface area contributed by atoms with Crippen LogP contribution in [0.4, 0.5) is 5.82 Å². The van der Waals surface area contributed by atoms with Gasteiger partial charge in [-0.1, -0.05) is 0 Å². The van der Waals surface area contributed by atoms with Crippen molar-refractivity contribution >= 4 is 23.1 Å². The van der Waals surface area contributed by atoms with Gasteiger partial charge in [0.1, 0.15) is 17.8 Å². The normalized spacial score (nSPS) is 16.0. The molecule has 3 rings (SSSR count). The highest BCUT2D eigenvalue weighted by molar-refractivity contribution is 7.11. The number of aryl methyl sites for hydroxylation is 1. The van der Waals surface area contributed by atoms with Crippen molar-refractivity contribution in [2.75, 3.05) is 31.1 Å². The van der Waals surface area contributed by atoms with Gasteiger partial charge in [-0.05, 0) is 6.92 Å². The molecule has 1 aliphatic rings. The van der Waals surface area contributed by atoms with E-state index >= 15 is 0 Å². The van der Waals surface area contributed by atoms with Crippen LogP contribution in [0, 0.1) is 6.92 Å². The molecule has 1 saturated heterocycles. The van der Waals surface area contributed by atoms with Crippen molar-refractivity contribution in [1.29, 1.82) is 0 Å². The highest BCUT2D eigenvalue weighted by Crippen LogP contribution is 2.18. The van der Waals surface area contributed by atoms with E-state index in [2.05, 4.69) is 24.8 Å². The Morgan fingerprint density at radius 3 is 2.68 bits per heavy atom. The third-order valence-corrected chi connectivity index (χ3v) is 4.55. The minimum absolute atomic E-state index is 0.257. The number of anilines is 1. The lowest BCUT2D eigenvalue weighted by Crippen LogP contribution is -2.46. The summed E-state index contributed by atoms with van der Waals surface area (Å²) in [7, 11) is 0. The van der Waals surface area contributed by atoms with Gasteiger partial charge in [0.2, 0.25) is 0 Å². The Morgan fingerprint density at radius 1 is 1.27 bits per heavy atom. The molecule has 0 atom stereocenters. The molecule has 0 spiro atoms. The van der Waals surface area contributed by atoms with Crippen molar-refractivity contribution in [2.45, 2.75) is 13.5 Å². The van der Waals surface area contributed by atoms with E-state index in [0.29, 0.717) is 0 Å². The Morgan fingerprint density at radius 2 is 2.05 bits per heavy atom. The maximum atomic E-state index is 11.2. The second-order valence-electron chi connectivity index (χ2n) is 5.23. The Kier molecular flexibility index (Phi) is 4.30. The molecule has 0 radical (unpaired) electrons. The SMILES string of the molecule is Cc1ncc(CN2CCN(c3cc(C(N)=O)ncn3)CC2)s1. The van der Waals surface area contributed by atoms with Crippen LogP contribution >= 0.6 is 11.3 Å². The number of rotatable bonds is 4. The third-order valence-electron chi connectivity index (χ3n) is 3.65. The third kappa shape index (κ3) is 3.40. The molecular weight excluding hydrogens is 300 g/mol. The van der Waals surface area contributed by atoms with E-state index < -0.39 is 5.91 Å². The van der Waals surface area contributed by atoms with E-state index in [1.165, 1.54) is 11.2 Å². The van der Waals surface area contributed by atoms with Gasteiger partial charge in [0.25, 0.3) is 5.91 Å². The van der Waals surface area contributed by atoms with E-state index in [-0.39, 0.29) is 5.69 Å². The van der Waals surface area contributed by atoms with Gasteiger partial charge in [0.05, 0.1) is 5.01 Å². The largest absolute Gasteiger partial charge is 0.364 e. The summed E-state index contributed by atoms with van der Waals surface area (Å²) in [6, 6.07) is 1.66. The van der Waals surface area contributed by atoms with Crippen LogP contribution in [0.5, 0.6) is 0 Å². The number of primary amides is 1. The predicted molar refractivity (Wildman–Crippen MR) is 84.9 cm³/mol. The lowest BCUT2D eigenvalue weighted by atomic mass is 10.3. The second-order valence-corrected chi connectivity index (χ2v) is 6.55. The van der Waals surface area contributed by atoms with Crippen molar-refractivity contribution in [3.8, 4) is 0 Å². The van der Waals surface area contributed by atoms with Gasteiger partial charge in [-0.25, -0.2) is 15.0 Å². The fourth-order valence-corrected chi connectivity index (χ4v) is 3.33. The zero-order valence-electron chi connectivity index (χ0n) is 12.4. The zero-order valence-corrected chi connectivity index (χ0v) is 13.2. The molecule has 1 fully saturated rings. The first-order valence-corrected chi connectivity index (χ1v) is 7.94. The number of nitrogens with zero attached hydrogens (tertiary/aromatic N) is 5. The molecular formula is C14H18N6OS. The molecule has 1 aliphatic heterocycles. The standard InChI is InChI=1S/C14H18N6OS/c1-10-16-7-11(22-10)8-19-2-4-20(5-3-19)13-6-12(14(15)21)17-9-18-13/h6-7,9H,2-5,8H2,1H3,(H2,15,21). The smallest absolute Gasteiger partial charge is 0.267 e. The topological polar surface area (TPSA) is 88.2 Å². The number of nitrogens with two attached hydrogens (primary N) is 1. The van der Waals surface area contributed by atoms with Crippen molar-refractivity contribution in [2.24, 2.45) is 5.73 Å². The number of piperazine rings is 1. The Hall–Kier alpha value is -2.06. The summed E-state index contributed by atoms with van der Waals surface area (Å²) in [5, 5.41) is 1.11. The summed E-state index contributed by atoms with van der Waals surface area (Å²) in [6.07, 6.45) is 3.35. The number of hydrogen-bond donors (Lipinski definition) is 1. The Balaban J connectivity index is 1.59. The first-order valence-electron chi connectivity index (χ1n) is 7.12. The monoisotopic (exact) mass is 318 g/mol. The molecule has 0 aliphatic carbocycles. The van der Waals surface area contributed by atoms with Crippen molar-refractivity contribution in [3.05, 3.63) is 34.2 Å². The van der Waals surface area contributed by atoms with Crippen LogP contribution in [-0.4, -0.2) is 51.9 Å². The number of carbonyl (C=O) groups is 1. The van der Waals surface area contributed by atoms with Crippen LogP contribution in [0.25, 0.3) is 0 Å². The van der Waals surface area contributed by atoms with E-state index in [1.54, 1.807) is 17.4 Å². The summed E-state index contributed by atoms with van der Waals surface area (Å²) in [5.41, 5.74) is 5.52. The average Bonchev–Trinajstić information content (AvgIpc) is 2.93. The molecule has 3 heterocycles. The average molecular weight is 318 g/mol. The van der Waals surface area contributed by atoms with Gasteiger partial charge in [0, 0.05) is 49.9 Å². The Bertz CT molecular complexity index is 665. The first kappa shape index (κ1) is 14.9. The maximum Gasteiger partial charge on any atom is 0.267 e. The van der Waals surface area contributed by atoms with E-state index in [1.807, 2.05) is 13.1 Å². The van der Waals surface area contributed by atoms with Crippen LogP contribution in [0.1, 0.15) is 20.4 Å². The minimum Gasteiger partial charge on any atom is -0.364 e. The molecule has 7 nitrogen and oxygen atoms in total. The number of aromatic nitrogens is 3. The highest BCUT2D eigenvalue weighted by Gasteiger charge is 2.19. The summed E-state index contributed by atoms with van der Waals surface area (Å²) >= 11 is 1.75. The molecule has 0 bridgehead atoms. The molecule has 2 aromatic rings. The number of hydrogen-bond acceptors (Lipinski definition) is 7. The van der Waals surface area contributed by atoms with E-state index in [9.17, 15) is 4.79 Å². The highest BCUT2D eigenvalue weighted by atomic mass is 32.1. The second kappa shape index (κ2) is 6.37. The lowest BCUT2D eigenvalue weighted by Gasteiger charge is -2.35. The summed E-state index contributed by atoms with van der Waals surface area (Å²) in [6.45, 7) is 6.60. The van der Waals surface area contributed by atoms with E-state index in [4.69, 9.17) is 5.73 Å². The van der Waals surface area contributed by atoms with Crippen molar-refractivity contribution in [1.82, 2.24) is 19.9 Å². The first-order chi connectivity index (χ1) is 10.6. The maximum absolute atomic E-state index is 11.2. The van der Waals surface area contributed by atoms with Crippen LogP contribution in [0.15, 0.2) is 18.6 Å². The van der Waals surface area contributed by atoms with Crippen LogP contribution < -0.4 is 10.6 Å². The lowest BCUT2D eigenvalue weighted by molar-refractivity contribution is 0.0995. The fraction of sp³-hybridized carbons (Fsp3) is 0.429.